The van der Waals surface area contributed by atoms with Crippen molar-refractivity contribution in [2.45, 2.75) is 13.0 Å². The number of nitrogens with one attached hydrogen (secondary N) is 2. The van der Waals surface area contributed by atoms with Gasteiger partial charge in [-0.2, -0.15) is 0 Å². The molecule has 0 unspecified atom stereocenters. The van der Waals surface area contributed by atoms with E-state index >= 15 is 0 Å². The largest absolute Gasteiger partial charge is 0.459 e. The van der Waals surface area contributed by atoms with Gasteiger partial charge in [0.15, 0.2) is 0 Å². The van der Waals surface area contributed by atoms with Crippen molar-refractivity contribution >= 4 is 11.8 Å². The number of amides is 2. The third kappa shape index (κ3) is 5.54. The summed E-state index contributed by atoms with van der Waals surface area (Å²) >= 11 is 0. The first-order valence-corrected chi connectivity index (χ1v) is 8.52. The molecule has 0 aliphatic carbocycles. The van der Waals surface area contributed by atoms with Gasteiger partial charge in [-0.3, -0.25) is 9.59 Å². The van der Waals surface area contributed by atoms with Gasteiger partial charge in [-0.1, -0.05) is 30.3 Å². The molecule has 0 aliphatic heterocycles. The Morgan fingerprint density at radius 2 is 1.59 bits per heavy atom. The van der Waals surface area contributed by atoms with Crippen LogP contribution in [-0.4, -0.2) is 18.4 Å². The van der Waals surface area contributed by atoms with Crippen LogP contribution >= 0.6 is 0 Å². The van der Waals surface area contributed by atoms with Crippen molar-refractivity contribution in [1.82, 2.24) is 10.6 Å². The quantitative estimate of drug-likeness (QED) is 0.675. The van der Waals surface area contributed by atoms with Crippen molar-refractivity contribution in [2.24, 2.45) is 0 Å². The molecule has 0 saturated carbocycles. The lowest BCUT2D eigenvalue weighted by molar-refractivity contribution is -0.125. The van der Waals surface area contributed by atoms with Gasteiger partial charge < -0.3 is 15.1 Å². The molecule has 3 rings (SSSR count). The van der Waals surface area contributed by atoms with Gasteiger partial charge in [0.05, 0.1) is 19.5 Å². The summed E-state index contributed by atoms with van der Waals surface area (Å²) in [6.07, 6.45) is 0.229. The number of furan rings is 1. The first kappa shape index (κ1) is 18.4. The van der Waals surface area contributed by atoms with E-state index in [0.717, 1.165) is 11.1 Å². The van der Waals surface area contributed by atoms with Gasteiger partial charge in [0.2, 0.25) is 11.8 Å². The van der Waals surface area contributed by atoms with Crippen LogP contribution in [0.3, 0.4) is 0 Å². The molecular weight excluding hydrogens is 347 g/mol. The van der Waals surface area contributed by atoms with Crippen LogP contribution in [0.15, 0.2) is 71.1 Å². The molecule has 1 aromatic heterocycles. The molecule has 0 fully saturated rings. The van der Waals surface area contributed by atoms with Crippen molar-refractivity contribution in [1.29, 1.82) is 0 Å². The smallest absolute Gasteiger partial charge is 0.239 e. The Kier molecular flexibility index (Phi) is 5.99. The second-order valence-corrected chi connectivity index (χ2v) is 5.99. The fourth-order valence-corrected chi connectivity index (χ4v) is 2.51. The lowest BCUT2D eigenvalue weighted by atomic mass is 10.1. The maximum absolute atomic E-state index is 13.0. The number of rotatable bonds is 7. The fourth-order valence-electron chi connectivity index (χ4n) is 2.51. The number of carbonyl (C=O) groups excluding carboxylic acids is 2. The van der Waals surface area contributed by atoms with Crippen LogP contribution in [-0.2, 0) is 22.6 Å². The SMILES string of the molecule is O=C(CNC(=O)Cc1ccccc1)NCc1ccc(-c2ccc(F)cc2)o1. The van der Waals surface area contributed by atoms with Crippen molar-refractivity contribution in [3.8, 4) is 11.3 Å². The van der Waals surface area contributed by atoms with Crippen LogP contribution in [0.2, 0.25) is 0 Å². The zero-order valence-electron chi connectivity index (χ0n) is 14.6. The van der Waals surface area contributed by atoms with Crippen molar-refractivity contribution in [2.75, 3.05) is 6.54 Å². The lowest BCUT2D eigenvalue weighted by Crippen LogP contribution is -2.37. The Morgan fingerprint density at radius 1 is 0.852 bits per heavy atom. The summed E-state index contributed by atoms with van der Waals surface area (Å²) in [5.74, 6) is 0.324. The maximum atomic E-state index is 13.0. The number of hydrogen-bond donors (Lipinski definition) is 2. The van der Waals surface area contributed by atoms with Gasteiger partial charge >= 0.3 is 0 Å². The molecule has 0 radical (unpaired) electrons. The zero-order chi connectivity index (χ0) is 19.1. The maximum Gasteiger partial charge on any atom is 0.239 e. The Bertz CT molecular complexity index is 905. The number of halogens is 1. The number of hydrogen-bond acceptors (Lipinski definition) is 3. The molecule has 2 amide bonds. The summed E-state index contributed by atoms with van der Waals surface area (Å²) in [4.78, 5) is 23.7. The highest BCUT2D eigenvalue weighted by Crippen LogP contribution is 2.22. The average Bonchev–Trinajstić information content (AvgIpc) is 3.15. The Labute approximate surface area is 156 Å². The molecule has 138 valence electrons. The van der Waals surface area contributed by atoms with E-state index in [1.807, 2.05) is 30.3 Å². The molecular formula is C21H19FN2O3. The Balaban J connectivity index is 1.43. The highest BCUT2D eigenvalue weighted by Gasteiger charge is 2.09. The first-order chi connectivity index (χ1) is 13.1. The van der Waals surface area contributed by atoms with Crippen LogP contribution in [0, 0.1) is 5.82 Å². The topological polar surface area (TPSA) is 71.3 Å². The van der Waals surface area contributed by atoms with Crippen LogP contribution in [0.1, 0.15) is 11.3 Å². The van der Waals surface area contributed by atoms with Gasteiger partial charge in [0, 0.05) is 5.56 Å². The minimum absolute atomic E-state index is 0.100. The predicted molar refractivity (Wildman–Crippen MR) is 99.1 cm³/mol. The van der Waals surface area contributed by atoms with Gasteiger partial charge in [-0.05, 0) is 42.0 Å². The predicted octanol–water partition coefficient (Wildman–Crippen LogP) is 3.06. The molecule has 3 aromatic rings. The van der Waals surface area contributed by atoms with Crippen molar-refractivity contribution in [3.05, 3.63) is 83.9 Å². The highest BCUT2D eigenvalue weighted by atomic mass is 19.1. The summed E-state index contributed by atoms with van der Waals surface area (Å²) in [7, 11) is 0. The molecule has 0 saturated heterocycles. The molecule has 6 heteroatoms. The minimum atomic E-state index is -0.313. The van der Waals surface area contributed by atoms with Crippen LogP contribution in [0.4, 0.5) is 4.39 Å². The standard InChI is InChI=1S/C21H19FN2O3/c22-17-8-6-16(7-9-17)19-11-10-18(27-19)13-23-21(26)14-24-20(25)12-15-4-2-1-3-5-15/h1-11H,12-14H2,(H,23,26)(H,24,25). The van der Waals surface area contributed by atoms with Crippen LogP contribution < -0.4 is 10.6 Å². The first-order valence-electron chi connectivity index (χ1n) is 8.52. The fraction of sp³-hybridized carbons (Fsp3) is 0.143. The lowest BCUT2D eigenvalue weighted by Gasteiger charge is -2.06. The second kappa shape index (κ2) is 8.80. The van der Waals surface area contributed by atoms with Crippen LogP contribution in [0.25, 0.3) is 11.3 Å². The third-order valence-electron chi connectivity index (χ3n) is 3.90. The van der Waals surface area contributed by atoms with E-state index in [4.69, 9.17) is 4.42 Å². The van der Waals surface area contributed by atoms with E-state index in [0.29, 0.717) is 11.5 Å². The van der Waals surface area contributed by atoms with Gasteiger partial charge in [-0.25, -0.2) is 4.39 Å². The van der Waals surface area contributed by atoms with E-state index < -0.39 is 0 Å². The number of carbonyl (C=O) groups is 2. The van der Waals surface area contributed by atoms with E-state index in [1.165, 1.54) is 12.1 Å². The van der Waals surface area contributed by atoms with E-state index in [2.05, 4.69) is 10.6 Å². The van der Waals surface area contributed by atoms with Crippen molar-refractivity contribution < 1.29 is 18.4 Å². The van der Waals surface area contributed by atoms with E-state index in [1.54, 1.807) is 24.3 Å². The van der Waals surface area contributed by atoms with Gasteiger partial charge in [0.1, 0.15) is 17.3 Å². The average molecular weight is 366 g/mol. The van der Waals surface area contributed by atoms with Crippen LogP contribution in [0.5, 0.6) is 0 Å². The molecule has 27 heavy (non-hydrogen) atoms. The Morgan fingerprint density at radius 3 is 2.33 bits per heavy atom. The molecule has 1 heterocycles. The van der Waals surface area contributed by atoms with Crippen molar-refractivity contribution in [3.63, 3.8) is 0 Å². The molecule has 2 aromatic carbocycles. The van der Waals surface area contributed by atoms with Gasteiger partial charge in [-0.15, -0.1) is 0 Å². The number of benzene rings is 2. The molecule has 2 N–H and O–H groups in total. The summed E-state index contributed by atoms with van der Waals surface area (Å²) < 4.78 is 18.6. The van der Waals surface area contributed by atoms with E-state index in [-0.39, 0.29) is 37.1 Å². The zero-order valence-corrected chi connectivity index (χ0v) is 14.6. The van der Waals surface area contributed by atoms with Gasteiger partial charge in [0.25, 0.3) is 0 Å². The molecule has 0 bridgehead atoms. The summed E-state index contributed by atoms with van der Waals surface area (Å²) in [6.45, 7) is 0.103. The summed E-state index contributed by atoms with van der Waals surface area (Å²) in [6, 6.07) is 18.8. The molecule has 0 aliphatic rings. The normalized spacial score (nSPS) is 10.4. The molecule has 0 atom stereocenters. The minimum Gasteiger partial charge on any atom is -0.459 e. The molecule has 0 spiro atoms. The summed E-state index contributed by atoms with van der Waals surface area (Å²) in [5.41, 5.74) is 1.64. The van der Waals surface area contributed by atoms with E-state index in [9.17, 15) is 14.0 Å². The molecule has 5 nitrogen and oxygen atoms in total. The second-order valence-electron chi connectivity index (χ2n) is 5.99. The Hall–Kier alpha value is -3.41. The third-order valence-corrected chi connectivity index (χ3v) is 3.90. The monoisotopic (exact) mass is 366 g/mol. The highest BCUT2D eigenvalue weighted by molar-refractivity contribution is 5.85. The summed E-state index contributed by atoms with van der Waals surface area (Å²) in [5, 5.41) is 5.27.